The minimum Gasteiger partial charge on any atom is -0.381 e. The van der Waals surface area contributed by atoms with Crippen LogP contribution < -0.4 is 0 Å². The molecule has 25 heavy (non-hydrogen) atoms. The number of alkyl halides is 6. The van der Waals surface area contributed by atoms with E-state index in [1.165, 1.54) is 0 Å². The van der Waals surface area contributed by atoms with Gasteiger partial charge in [-0.05, 0) is 44.9 Å². The zero-order valence-electron chi connectivity index (χ0n) is 15.3. The van der Waals surface area contributed by atoms with Crippen LogP contribution >= 0.6 is 0 Å². The Kier molecular flexibility index (Phi) is 8.75. The van der Waals surface area contributed by atoms with E-state index in [1.54, 1.807) is 13.8 Å². The minimum absolute atomic E-state index is 0.0746. The zero-order chi connectivity index (χ0) is 20.1. The van der Waals surface area contributed by atoms with Crippen LogP contribution in [0.15, 0.2) is 0 Å². The molecule has 152 valence electrons. The average molecular weight is 380 g/mol. The second-order valence-electron chi connectivity index (χ2n) is 7.60. The van der Waals surface area contributed by atoms with Crippen LogP contribution in [0.4, 0.5) is 26.3 Å². The fourth-order valence-electron chi connectivity index (χ4n) is 2.70. The minimum atomic E-state index is -4.68. The van der Waals surface area contributed by atoms with Gasteiger partial charge in [0.2, 0.25) is 0 Å². The van der Waals surface area contributed by atoms with Crippen LogP contribution in [0.25, 0.3) is 0 Å². The molecule has 0 rings (SSSR count). The highest BCUT2D eigenvalue weighted by atomic mass is 19.4. The summed E-state index contributed by atoms with van der Waals surface area (Å²) in [4.78, 5) is 0. The fraction of sp³-hybridized carbons (Fsp3) is 1.00. The van der Waals surface area contributed by atoms with Gasteiger partial charge in [0.1, 0.15) is 0 Å². The second kappa shape index (κ2) is 8.93. The molecule has 0 heterocycles. The van der Waals surface area contributed by atoms with Gasteiger partial charge in [-0.15, -0.1) is 0 Å². The normalized spacial score (nSPS) is 20.6. The first kappa shape index (κ1) is 24.5. The van der Waals surface area contributed by atoms with E-state index in [0.717, 1.165) is 13.8 Å². The van der Waals surface area contributed by atoms with Gasteiger partial charge >= 0.3 is 12.4 Å². The third kappa shape index (κ3) is 8.15. The van der Waals surface area contributed by atoms with Gasteiger partial charge < -0.3 is 10.2 Å². The van der Waals surface area contributed by atoms with Crippen molar-refractivity contribution in [2.75, 3.05) is 0 Å². The van der Waals surface area contributed by atoms with Crippen LogP contribution in [0.1, 0.15) is 72.6 Å². The topological polar surface area (TPSA) is 40.5 Å². The van der Waals surface area contributed by atoms with E-state index in [4.69, 9.17) is 0 Å². The molecule has 0 aromatic rings. The average Bonchev–Trinajstić information content (AvgIpc) is 2.41. The highest BCUT2D eigenvalue weighted by Crippen LogP contribution is 2.38. The summed E-state index contributed by atoms with van der Waals surface area (Å²) in [6.45, 7) is 5.02. The molecule has 0 bridgehead atoms. The van der Waals surface area contributed by atoms with E-state index in [1.807, 2.05) is 0 Å². The molecule has 0 aromatic heterocycles. The SMILES string of the molecule is CCC(CCCC(C)CCC(C)(O)C(F)(F)F)CC(C)(O)C(F)(F)F. The maximum Gasteiger partial charge on any atom is 0.416 e. The van der Waals surface area contributed by atoms with E-state index in [-0.39, 0.29) is 24.7 Å². The predicted octanol–water partition coefficient (Wildman–Crippen LogP) is 5.62. The number of hydrogen-bond donors (Lipinski definition) is 2. The van der Waals surface area contributed by atoms with Gasteiger partial charge in [-0.3, -0.25) is 0 Å². The van der Waals surface area contributed by atoms with Gasteiger partial charge in [-0.2, -0.15) is 26.3 Å². The molecule has 0 aliphatic carbocycles. The summed E-state index contributed by atoms with van der Waals surface area (Å²) in [6, 6.07) is 0. The van der Waals surface area contributed by atoms with E-state index < -0.39 is 30.0 Å². The summed E-state index contributed by atoms with van der Waals surface area (Å²) < 4.78 is 75.9. The molecule has 8 heteroatoms. The Labute approximate surface area is 145 Å². The Morgan fingerprint density at radius 2 is 1.28 bits per heavy atom. The lowest BCUT2D eigenvalue weighted by Gasteiger charge is -2.30. The van der Waals surface area contributed by atoms with Crippen LogP contribution in [0, 0.1) is 11.8 Å². The Bertz CT molecular complexity index is 388. The van der Waals surface area contributed by atoms with Crippen molar-refractivity contribution in [2.45, 2.75) is 96.2 Å². The zero-order valence-corrected chi connectivity index (χ0v) is 15.3. The van der Waals surface area contributed by atoms with Crippen molar-refractivity contribution in [1.82, 2.24) is 0 Å². The van der Waals surface area contributed by atoms with Crippen molar-refractivity contribution < 1.29 is 36.6 Å². The highest BCUT2D eigenvalue weighted by molar-refractivity contribution is 4.84. The van der Waals surface area contributed by atoms with Crippen LogP contribution in [-0.4, -0.2) is 33.8 Å². The van der Waals surface area contributed by atoms with E-state index in [0.29, 0.717) is 25.7 Å². The van der Waals surface area contributed by atoms with Crippen LogP contribution in [0.5, 0.6) is 0 Å². The van der Waals surface area contributed by atoms with Crippen molar-refractivity contribution in [3.63, 3.8) is 0 Å². The molecule has 2 N–H and O–H groups in total. The molecule has 4 atom stereocenters. The third-order valence-electron chi connectivity index (χ3n) is 4.92. The van der Waals surface area contributed by atoms with E-state index in [2.05, 4.69) is 0 Å². The maximum absolute atomic E-state index is 12.7. The first-order valence-corrected chi connectivity index (χ1v) is 8.61. The first-order chi connectivity index (χ1) is 11.0. The smallest absolute Gasteiger partial charge is 0.381 e. The first-order valence-electron chi connectivity index (χ1n) is 8.61. The van der Waals surface area contributed by atoms with Gasteiger partial charge in [-0.25, -0.2) is 0 Å². The Morgan fingerprint density at radius 1 is 0.800 bits per heavy atom. The number of halogens is 6. The van der Waals surface area contributed by atoms with Crippen LogP contribution in [-0.2, 0) is 0 Å². The molecule has 0 aromatic carbocycles. The van der Waals surface area contributed by atoms with Gasteiger partial charge in [-0.1, -0.05) is 39.5 Å². The fourth-order valence-corrected chi connectivity index (χ4v) is 2.70. The number of aliphatic hydroxyl groups is 2. The molecular formula is C17H30F6O2. The molecule has 0 aliphatic heterocycles. The molecule has 0 saturated heterocycles. The molecule has 2 nitrogen and oxygen atoms in total. The number of rotatable bonds is 10. The molecule has 0 amide bonds. The lowest BCUT2D eigenvalue weighted by molar-refractivity contribution is -0.258. The summed E-state index contributed by atoms with van der Waals surface area (Å²) >= 11 is 0. The summed E-state index contributed by atoms with van der Waals surface area (Å²) in [5, 5.41) is 18.9. The standard InChI is InChI=1S/C17H30F6O2/c1-5-13(11-15(4,25)17(21,22)23)8-6-7-12(2)9-10-14(3,24)16(18,19)20/h12-13,24-25H,5-11H2,1-4H3. The van der Waals surface area contributed by atoms with Gasteiger partial charge in [0.25, 0.3) is 0 Å². The van der Waals surface area contributed by atoms with E-state index in [9.17, 15) is 36.6 Å². The van der Waals surface area contributed by atoms with Gasteiger partial charge in [0.15, 0.2) is 11.2 Å². The second-order valence-corrected chi connectivity index (χ2v) is 7.60. The molecule has 0 spiro atoms. The molecule has 4 unspecified atom stereocenters. The van der Waals surface area contributed by atoms with Crippen molar-refractivity contribution in [3.8, 4) is 0 Å². The van der Waals surface area contributed by atoms with Crippen LogP contribution in [0.3, 0.4) is 0 Å². The van der Waals surface area contributed by atoms with Gasteiger partial charge in [0.05, 0.1) is 0 Å². The predicted molar refractivity (Wildman–Crippen MR) is 84.0 cm³/mol. The molecule has 0 fully saturated rings. The number of hydrogen-bond acceptors (Lipinski definition) is 2. The summed E-state index contributed by atoms with van der Waals surface area (Å²) in [5.74, 6) is -0.378. The molecule has 0 radical (unpaired) electrons. The molecule has 0 aliphatic rings. The lowest BCUT2D eigenvalue weighted by Crippen LogP contribution is -2.43. The van der Waals surface area contributed by atoms with Crippen LogP contribution in [0.2, 0.25) is 0 Å². The van der Waals surface area contributed by atoms with Crippen molar-refractivity contribution >= 4 is 0 Å². The quantitative estimate of drug-likeness (QED) is 0.483. The van der Waals surface area contributed by atoms with Crippen molar-refractivity contribution in [3.05, 3.63) is 0 Å². The summed E-state index contributed by atoms with van der Waals surface area (Å²) in [6.07, 6.45) is -7.86. The third-order valence-corrected chi connectivity index (χ3v) is 4.92. The largest absolute Gasteiger partial charge is 0.416 e. The lowest BCUT2D eigenvalue weighted by atomic mass is 9.84. The Hall–Kier alpha value is -0.500. The maximum atomic E-state index is 12.7. The summed E-state index contributed by atoms with van der Waals surface area (Å²) in [7, 11) is 0. The highest BCUT2D eigenvalue weighted by Gasteiger charge is 2.50. The Morgan fingerprint density at radius 3 is 1.68 bits per heavy atom. The monoisotopic (exact) mass is 380 g/mol. The molecular weight excluding hydrogens is 350 g/mol. The van der Waals surface area contributed by atoms with E-state index >= 15 is 0 Å². The molecule has 0 saturated carbocycles. The van der Waals surface area contributed by atoms with Crippen molar-refractivity contribution in [2.24, 2.45) is 11.8 Å². The summed E-state index contributed by atoms with van der Waals surface area (Å²) in [5.41, 5.74) is -5.46. The Balaban J connectivity index is 4.32. The van der Waals surface area contributed by atoms with Gasteiger partial charge in [0, 0.05) is 0 Å². The van der Waals surface area contributed by atoms with Crippen molar-refractivity contribution in [1.29, 1.82) is 0 Å².